The van der Waals surface area contributed by atoms with Crippen LogP contribution in [0, 0.1) is 0 Å². The highest BCUT2D eigenvalue weighted by molar-refractivity contribution is 6.65. The van der Waals surface area contributed by atoms with Crippen molar-refractivity contribution in [3.8, 4) is 0 Å². The molecule has 0 radical (unpaired) electrons. The summed E-state index contributed by atoms with van der Waals surface area (Å²) < 4.78 is 10.8. The quantitative estimate of drug-likeness (QED) is 0.495. The molecule has 0 saturated carbocycles. The van der Waals surface area contributed by atoms with Gasteiger partial charge in [-0.1, -0.05) is 6.58 Å². The van der Waals surface area contributed by atoms with E-state index in [1.807, 2.05) is 18.4 Å². The van der Waals surface area contributed by atoms with Crippen molar-refractivity contribution in [3.63, 3.8) is 0 Å². The zero-order valence-corrected chi connectivity index (χ0v) is 12.7. The zero-order chi connectivity index (χ0) is 13.5. The molecule has 5 heteroatoms. The van der Waals surface area contributed by atoms with Crippen LogP contribution in [0.15, 0.2) is 12.2 Å². The molecule has 0 aromatic carbocycles. The third-order valence-corrected chi connectivity index (χ3v) is 5.95. The molecule has 0 rings (SSSR count). The molecule has 0 aliphatic heterocycles. The summed E-state index contributed by atoms with van der Waals surface area (Å²) in [4.78, 5) is 13.6. The van der Waals surface area contributed by atoms with Gasteiger partial charge in [-0.15, -0.1) is 0 Å². The van der Waals surface area contributed by atoms with E-state index in [0.29, 0.717) is 12.1 Å². The summed E-state index contributed by atoms with van der Waals surface area (Å²) in [6.45, 7) is 10.9. The van der Waals surface area contributed by atoms with Crippen LogP contribution < -0.4 is 0 Å². The second kappa shape index (κ2) is 7.63. The fourth-order valence-electron chi connectivity index (χ4n) is 1.55. The number of hydrogen-bond donors (Lipinski definition) is 0. The Balaban J connectivity index is 4.17. The molecule has 17 heavy (non-hydrogen) atoms. The van der Waals surface area contributed by atoms with Gasteiger partial charge in [-0.25, -0.2) is 0 Å². The monoisotopic (exact) mass is 259 g/mol. The average Bonchev–Trinajstić information content (AvgIpc) is 2.33. The summed E-state index contributed by atoms with van der Waals surface area (Å²) in [6, 6.07) is 0.889. The van der Waals surface area contributed by atoms with Crippen LogP contribution in [0.25, 0.3) is 0 Å². The predicted molar refractivity (Wildman–Crippen MR) is 72.1 cm³/mol. The van der Waals surface area contributed by atoms with Crippen molar-refractivity contribution in [2.24, 2.45) is 0 Å². The molecule has 0 spiro atoms. The molecular formula is C12H25NO3Si. The molecule has 0 heterocycles. The van der Waals surface area contributed by atoms with E-state index in [1.165, 1.54) is 0 Å². The summed E-state index contributed by atoms with van der Waals surface area (Å²) in [5, 5.41) is 0. The van der Waals surface area contributed by atoms with E-state index in [9.17, 15) is 4.79 Å². The molecule has 0 aromatic heterocycles. The van der Waals surface area contributed by atoms with Gasteiger partial charge in [-0.05, 0) is 32.9 Å². The molecule has 0 aliphatic carbocycles. The number of carbonyl (C=O) groups is 1. The minimum atomic E-state index is -2.00. The van der Waals surface area contributed by atoms with Gasteiger partial charge in [-0.2, -0.15) is 0 Å². The van der Waals surface area contributed by atoms with Crippen molar-refractivity contribution in [2.45, 2.75) is 32.9 Å². The van der Waals surface area contributed by atoms with Crippen molar-refractivity contribution in [2.75, 3.05) is 27.3 Å². The molecule has 0 N–H and O–H groups in total. The number of amides is 1. The van der Waals surface area contributed by atoms with Gasteiger partial charge in [0, 0.05) is 32.9 Å². The molecule has 0 saturated heterocycles. The predicted octanol–water partition coefficient (Wildman–Crippen LogP) is 2.17. The maximum atomic E-state index is 11.7. The summed E-state index contributed by atoms with van der Waals surface area (Å²) in [7, 11) is 1.37. The van der Waals surface area contributed by atoms with Crippen LogP contribution >= 0.6 is 0 Å². The molecule has 100 valence electrons. The Morgan fingerprint density at radius 1 is 1.35 bits per heavy atom. The van der Waals surface area contributed by atoms with Crippen molar-refractivity contribution in [1.82, 2.24) is 4.90 Å². The van der Waals surface area contributed by atoms with Crippen molar-refractivity contribution in [1.29, 1.82) is 0 Å². The second-order valence-corrected chi connectivity index (χ2v) is 7.89. The molecule has 1 amide bonds. The van der Waals surface area contributed by atoms with Gasteiger partial charge >= 0.3 is 8.56 Å². The lowest BCUT2D eigenvalue weighted by Gasteiger charge is -2.25. The Bertz CT molecular complexity index is 264. The molecule has 0 aromatic rings. The number of hydrogen-bond acceptors (Lipinski definition) is 3. The van der Waals surface area contributed by atoms with E-state index in [2.05, 4.69) is 6.58 Å². The van der Waals surface area contributed by atoms with Crippen molar-refractivity contribution >= 4 is 14.5 Å². The van der Waals surface area contributed by atoms with E-state index in [1.54, 1.807) is 21.1 Å². The fourth-order valence-corrected chi connectivity index (χ4v) is 2.93. The third-order valence-electron chi connectivity index (χ3n) is 2.96. The summed E-state index contributed by atoms with van der Waals surface area (Å²) in [5.74, 6) is 0.0331. The first-order valence-corrected chi connectivity index (χ1v) is 8.47. The minimum Gasteiger partial charge on any atom is -0.398 e. The molecule has 4 nitrogen and oxygen atoms in total. The highest BCUT2D eigenvalue weighted by atomic mass is 28.4. The van der Waals surface area contributed by atoms with Crippen LogP contribution in [0.4, 0.5) is 0 Å². The SMILES string of the molecule is C=C(C)C(=O)N(CC)CCC[Si](C)(OC)OC. The molecular weight excluding hydrogens is 234 g/mol. The van der Waals surface area contributed by atoms with Crippen LogP contribution in [0.5, 0.6) is 0 Å². The second-order valence-electron chi connectivity index (χ2n) is 4.31. The minimum absolute atomic E-state index is 0.0331. The molecule has 0 fully saturated rings. The van der Waals surface area contributed by atoms with Crippen LogP contribution in [-0.4, -0.2) is 46.7 Å². The summed E-state index contributed by atoms with van der Waals surface area (Å²) in [5.41, 5.74) is 0.588. The largest absolute Gasteiger partial charge is 0.398 e. The lowest BCUT2D eigenvalue weighted by atomic mass is 10.3. The maximum absolute atomic E-state index is 11.7. The first-order chi connectivity index (χ1) is 7.90. The maximum Gasteiger partial charge on any atom is 0.334 e. The number of carbonyl (C=O) groups excluding carboxylic acids is 1. The molecule has 0 aliphatic rings. The van der Waals surface area contributed by atoms with Gasteiger partial charge < -0.3 is 13.8 Å². The lowest BCUT2D eigenvalue weighted by Crippen LogP contribution is -2.38. The average molecular weight is 259 g/mol. The van der Waals surface area contributed by atoms with E-state index >= 15 is 0 Å². The van der Waals surface area contributed by atoms with Crippen LogP contribution in [-0.2, 0) is 13.6 Å². The first kappa shape index (κ1) is 16.3. The summed E-state index contributed by atoms with van der Waals surface area (Å²) >= 11 is 0. The number of likely N-dealkylation sites (N-methyl/N-ethyl adjacent to an activating group) is 1. The van der Waals surface area contributed by atoms with E-state index in [4.69, 9.17) is 8.85 Å². The fraction of sp³-hybridized carbons (Fsp3) is 0.750. The van der Waals surface area contributed by atoms with E-state index < -0.39 is 8.56 Å². The Labute approximate surface area is 106 Å². The van der Waals surface area contributed by atoms with Crippen LogP contribution in [0.2, 0.25) is 12.6 Å². The Hall–Kier alpha value is -0.653. The summed E-state index contributed by atoms with van der Waals surface area (Å²) in [6.07, 6.45) is 0.900. The highest BCUT2D eigenvalue weighted by Crippen LogP contribution is 2.14. The van der Waals surface area contributed by atoms with E-state index in [-0.39, 0.29) is 5.91 Å². The van der Waals surface area contributed by atoms with Crippen LogP contribution in [0.1, 0.15) is 20.3 Å². The smallest absolute Gasteiger partial charge is 0.334 e. The highest BCUT2D eigenvalue weighted by Gasteiger charge is 2.28. The van der Waals surface area contributed by atoms with Crippen molar-refractivity contribution in [3.05, 3.63) is 12.2 Å². The topological polar surface area (TPSA) is 38.8 Å². The zero-order valence-electron chi connectivity index (χ0n) is 11.7. The van der Waals surface area contributed by atoms with Crippen LogP contribution in [0.3, 0.4) is 0 Å². The first-order valence-electron chi connectivity index (χ1n) is 5.95. The van der Waals surface area contributed by atoms with Gasteiger partial charge in [0.15, 0.2) is 0 Å². The van der Waals surface area contributed by atoms with E-state index in [0.717, 1.165) is 19.0 Å². The molecule has 0 atom stereocenters. The Morgan fingerprint density at radius 3 is 2.24 bits per heavy atom. The van der Waals surface area contributed by atoms with Gasteiger partial charge in [0.25, 0.3) is 0 Å². The standard InChI is InChI=1S/C12H25NO3Si/c1-7-13(12(14)11(2)3)9-8-10-17(6,15-4)16-5/h2,7-10H2,1,3-6H3. The van der Waals surface area contributed by atoms with Gasteiger partial charge in [0.1, 0.15) is 0 Å². The lowest BCUT2D eigenvalue weighted by molar-refractivity contribution is -0.126. The molecule has 0 unspecified atom stereocenters. The Morgan fingerprint density at radius 2 is 1.88 bits per heavy atom. The van der Waals surface area contributed by atoms with Crippen molar-refractivity contribution < 1.29 is 13.6 Å². The van der Waals surface area contributed by atoms with Gasteiger partial charge in [0.05, 0.1) is 0 Å². The Kier molecular flexibility index (Phi) is 7.34. The normalized spacial score (nSPS) is 11.4. The third kappa shape index (κ3) is 5.47. The van der Waals surface area contributed by atoms with Gasteiger partial charge in [-0.3, -0.25) is 4.79 Å². The number of rotatable bonds is 8. The molecule has 0 bridgehead atoms. The van der Waals surface area contributed by atoms with Gasteiger partial charge in [0.2, 0.25) is 5.91 Å². The number of nitrogens with zero attached hydrogens (tertiary/aromatic N) is 1.